The number of benzene rings is 1. The average molecular weight is 282 g/mol. The summed E-state index contributed by atoms with van der Waals surface area (Å²) in [6.45, 7) is 0. The first kappa shape index (κ1) is 13.6. The lowest BCUT2D eigenvalue weighted by Gasteiger charge is -2.14. The zero-order chi connectivity index (χ0) is 14.0. The van der Waals surface area contributed by atoms with Gasteiger partial charge in [-0.1, -0.05) is 12.2 Å². The first-order valence-electron chi connectivity index (χ1n) is 5.70. The zero-order valence-electron chi connectivity index (χ0n) is 10.0. The van der Waals surface area contributed by atoms with Gasteiger partial charge < -0.3 is 10.8 Å². The molecule has 0 unspecified atom stereocenters. The molecule has 19 heavy (non-hydrogen) atoms. The van der Waals surface area contributed by atoms with E-state index in [1.165, 1.54) is 12.1 Å². The fourth-order valence-corrected chi connectivity index (χ4v) is 3.30. The standard InChI is InChI=1S/C12H14N2O4S/c13-10-7-8(12(15)16)5-6-11(10)19(17,18)14-9-3-1-2-4-9/h1-2,5-7,9,14H,3-4,13H2,(H,15,16). The van der Waals surface area contributed by atoms with Gasteiger partial charge in [-0.25, -0.2) is 17.9 Å². The summed E-state index contributed by atoms with van der Waals surface area (Å²) in [6.07, 6.45) is 5.10. The smallest absolute Gasteiger partial charge is 0.335 e. The Morgan fingerprint density at radius 2 is 1.95 bits per heavy atom. The molecular formula is C12H14N2O4S. The van der Waals surface area contributed by atoms with Gasteiger partial charge in [-0.2, -0.15) is 0 Å². The Labute approximate surface area is 111 Å². The van der Waals surface area contributed by atoms with Crippen LogP contribution in [0.2, 0.25) is 0 Å². The predicted molar refractivity (Wildman–Crippen MR) is 70.3 cm³/mol. The molecule has 0 aromatic heterocycles. The van der Waals surface area contributed by atoms with E-state index >= 15 is 0 Å². The molecule has 1 aliphatic carbocycles. The molecule has 0 amide bonds. The first-order chi connectivity index (χ1) is 8.90. The largest absolute Gasteiger partial charge is 0.478 e. The maximum atomic E-state index is 12.1. The van der Waals surface area contributed by atoms with Crippen molar-refractivity contribution >= 4 is 21.7 Å². The quantitative estimate of drug-likeness (QED) is 0.563. The Hall–Kier alpha value is -1.86. The van der Waals surface area contributed by atoms with Crippen molar-refractivity contribution in [2.24, 2.45) is 0 Å². The second-order valence-electron chi connectivity index (χ2n) is 4.32. The third-order valence-corrected chi connectivity index (χ3v) is 4.47. The van der Waals surface area contributed by atoms with Gasteiger partial charge in [0.25, 0.3) is 0 Å². The lowest BCUT2D eigenvalue weighted by atomic mass is 10.2. The highest BCUT2D eigenvalue weighted by atomic mass is 32.2. The van der Waals surface area contributed by atoms with Crippen LogP contribution in [0.25, 0.3) is 0 Å². The van der Waals surface area contributed by atoms with Crippen molar-refractivity contribution in [2.45, 2.75) is 23.8 Å². The van der Waals surface area contributed by atoms with E-state index in [1.807, 2.05) is 12.2 Å². The minimum Gasteiger partial charge on any atom is -0.478 e. The van der Waals surface area contributed by atoms with Crippen LogP contribution in [0.5, 0.6) is 0 Å². The van der Waals surface area contributed by atoms with Gasteiger partial charge in [-0.3, -0.25) is 0 Å². The second kappa shape index (κ2) is 5.02. The van der Waals surface area contributed by atoms with Crippen molar-refractivity contribution in [3.05, 3.63) is 35.9 Å². The number of nitrogens with two attached hydrogens (primary N) is 1. The molecule has 0 spiro atoms. The van der Waals surface area contributed by atoms with Gasteiger partial charge in [0.2, 0.25) is 10.0 Å². The monoisotopic (exact) mass is 282 g/mol. The normalized spacial score (nSPS) is 15.8. The highest BCUT2D eigenvalue weighted by Gasteiger charge is 2.23. The molecule has 102 valence electrons. The minimum atomic E-state index is -3.72. The van der Waals surface area contributed by atoms with E-state index in [-0.39, 0.29) is 22.2 Å². The lowest BCUT2D eigenvalue weighted by molar-refractivity contribution is 0.0697. The molecule has 2 rings (SSSR count). The molecule has 0 fully saturated rings. The number of carbonyl (C=O) groups is 1. The van der Waals surface area contributed by atoms with E-state index in [0.717, 1.165) is 6.07 Å². The van der Waals surface area contributed by atoms with Crippen molar-refractivity contribution < 1.29 is 18.3 Å². The van der Waals surface area contributed by atoms with Gasteiger partial charge in [0, 0.05) is 6.04 Å². The van der Waals surface area contributed by atoms with Crippen LogP contribution in [-0.4, -0.2) is 25.5 Å². The molecule has 1 aromatic carbocycles. The summed E-state index contributed by atoms with van der Waals surface area (Å²) in [4.78, 5) is 10.7. The van der Waals surface area contributed by atoms with Gasteiger partial charge in [0.1, 0.15) is 4.90 Å². The van der Waals surface area contributed by atoms with Crippen LogP contribution < -0.4 is 10.5 Å². The molecule has 0 saturated carbocycles. The Balaban J connectivity index is 2.27. The molecule has 0 aliphatic heterocycles. The SMILES string of the molecule is Nc1cc(C(=O)O)ccc1S(=O)(=O)NC1CC=CC1. The summed E-state index contributed by atoms with van der Waals surface area (Å²) in [5.41, 5.74) is 5.51. The number of aromatic carboxylic acids is 1. The van der Waals surface area contributed by atoms with Gasteiger partial charge in [0.05, 0.1) is 11.3 Å². The van der Waals surface area contributed by atoms with Crippen molar-refractivity contribution in [3.63, 3.8) is 0 Å². The number of rotatable bonds is 4. The van der Waals surface area contributed by atoms with Gasteiger partial charge in [-0.05, 0) is 31.0 Å². The number of nitrogen functional groups attached to an aromatic ring is 1. The highest BCUT2D eigenvalue weighted by molar-refractivity contribution is 7.89. The Morgan fingerprint density at radius 3 is 2.47 bits per heavy atom. The highest BCUT2D eigenvalue weighted by Crippen LogP contribution is 2.21. The topological polar surface area (TPSA) is 109 Å². The molecule has 1 aliphatic rings. The molecular weight excluding hydrogens is 268 g/mol. The number of carboxylic acid groups (broad SMARTS) is 1. The van der Waals surface area contributed by atoms with E-state index in [2.05, 4.69) is 4.72 Å². The maximum Gasteiger partial charge on any atom is 0.335 e. The van der Waals surface area contributed by atoms with Gasteiger partial charge in [-0.15, -0.1) is 0 Å². The second-order valence-corrected chi connectivity index (χ2v) is 6.00. The van der Waals surface area contributed by atoms with Crippen LogP contribution in [0, 0.1) is 0 Å². The molecule has 0 saturated heterocycles. The van der Waals surface area contributed by atoms with Gasteiger partial charge >= 0.3 is 5.97 Å². The zero-order valence-corrected chi connectivity index (χ0v) is 10.9. The fraction of sp³-hybridized carbons (Fsp3) is 0.250. The molecule has 4 N–H and O–H groups in total. The lowest BCUT2D eigenvalue weighted by Crippen LogP contribution is -2.33. The molecule has 0 bridgehead atoms. The number of hydrogen-bond acceptors (Lipinski definition) is 4. The summed E-state index contributed by atoms with van der Waals surface area (Å²) < 4.78 is 26.8. The van der Waals surface area contributed by atoms with E-state index in [1.54, 1.807) is 0 Å². The molecule has 1 aromatic rings. The van der Waals surface area contributed by atoms with E-state index < -0.39 is 16.0 Å². The molecule has 6 nitrogen and oxygen atoms in total. The summed E-state index contributed by atoms with van der Waals surface area (Å²) in [5, 5.41) is 8.80. The minimum absolute atomic E-state index is 0.0426. The Morgan fingerprint density at radius 1 is 1.32 bits per heavy atom. The maximum absolute atomic E-state index is 12.1. The Kier molecular flexibility index (Phi) is 3.59. The van der Waals surface area contributed by atoms with Crippen LogP contribution in [-0.2, 0) is 10.0 Å². The van der Waals surface area contributed by atoms with Crippen LogP contribution >= 0.6 is 0 Å². The molecule has 0 radical (unpaired) electrons. The average Bonchev–Trinajstić information content (AvgIpc) is 2.80. The van der Waals surface area contributed by atoms with E-state index in [4.69, 9.17) is 10.8 Å². The fourth-order valence-electron chi connectivity index (χ4n) is 1.92. The number of hydrogen-bond donors (Lipinski definition) is 3. The summed E-state index contributed by atoms with van der Waals surface area (Å²) >= 11 is 0. The number of nitrogens with one attached hydrogen (secondary N) is 1. The number of anilines is 1. The van der Waals surface area contributed by atoms with Gasteiger partial charge in [0.15, 0.2) is 0 Å². The molecule has 7 heteroatoms. The van der Waals surface area contributed by atoms with Crippen molar-refractivity contribution in [2.75, 3.05) is 5.73 Å². The Bertz CT molecular complexity index is 629. The number of sulfonamides is 1. The van der Waals surface area contributed by atoms with Crippen molar-refractivity contribution in [1.29, 1.82) is 0 Å². The third-order valence-electron chi connectivity index (χ3n) is 2.88. The van der Waals surface area contributed by atoms with E-state index in [0.29, 0.717) is 12.8 Å². The molecule has 0 atom stereocenters. The van der Waals surface area contributed by atoms with Crippen LogP contribution in [0.1, 0.15) is 23.2 Å². The summed E-state index contributed by atoms with van der Waals surface area (Å²) in [6, 6.07) is 3.41. The van der Waals surface area contributed by atoms with Crippen molar-refractivity contribution in [1.82, 2.24) is 4.72 Å². The molecule has 0 heterocycles. The van der Waals surface area contributed by atoms with Crippen LogP contribution in [0.15, 0.2) is 35.2 Å². The van der Waals surface area contributed by atoms with Crippen molar-refractivity contribution in [3.8, 4) is 0 Å². The third kappa shape index (κ3) is 2.94. The summed E-state index contributed by atoms with van der Waals surface area (Å²) in [5.74, 6) is -1.15. The predicted octanol–water partition coefficient (Wildman–Crippen LogP) is 0.964. The number of carboxylic acids is 1. The summed E-state index contributed by atoms with van der Waals surface area (Å²) in [7, 11) is -3.72. The van der Waals surface area contributed by atoms with Crippen LogP contribution in [0.3, 0.4) is 0 Å². The van der Waals surface area contributed by atoms with E-state index in [9.17, 15) is 13.2 Å². The van der Waals surface area contributed by atoms with Crippen LogP contribution in [0.4, 0.5) is 5.69 Å². The first-order valence-corrected chi connectivity index (χ1v) is 7.18.